The van der Waals surface area contributed by atoms with E-state index in [9.17, 15) is 0 Å². The van der Waals surface area contributed by atoms with Crippen LogP contribution in [0, 0.1) is 0 Å². The number of anilines is 1. The van der Waals surface area contributed by atoms with E-state index < -0.39 is 0 Å². The Labute approximate surface area is 72.0 Å². The largest absolute Gasteiger partial charge is 0.385 e. The van der Waals surface area contributed by atoms with Crippen LogP contribution in [-0.4, -0.2) is 30.2 Å². The number of nitrogens with zero attached hydrogens (tertiary/aromatic N) is 2. The highest BCUT2D eigenvalue weighted by atomic mass is 16.5. The van der Waals surface area contributed by atoms with Gasteiger partial charge < -0.3 is 10.1 Å². The molecule has 4 nitrogen and oxygen atoms in total. The van der Waals surface area contributed by atoms with Crippen molar-refractivity contribution >= 4 is 5.82 Å². The number of aromatic nitrogens is 2. The maximum Gasteiger partial charge on any atom is 0.129 e. The first-order chi connectivity index (χ1) is 5.93. The molecule has 0 aliphatic heterocycles. The second kappa shape index (κ2) is 5.49. The van der Waals surface area contributed by atoms with E-state index in [0.717, 1.165) is 25.4 Å². The monoisotopic (exact) mass is 167 g/mol. The van der Waals surface area contributed by atoms with Crippen LogP contribution in [0.5, 0.6) is 0 Å². The minimum Gasteiger partial charge on any atom is -0.385 e. The molecule has 0 amide bonds. The summed E-state index contributed by atoms with van der Waals surface area (Å²) < 4.78 is 4.91. The summed E-state index contributed by atoms with van der Waals surface area (Å²) in [5.41, 5.74) is 0. The quantitative estimate of drug-likeness (QED) is 0.662. The Morgan fingerprint density at radius 3 is 3.17 bits per heavy atom. The third kappa shape index (κ3) is 3.30. The van der Waals surface area contributed by atoms with Gasteiger partial charge in [-0.3, -0.25) is 0 Å². The lowest BCUT2D eigenvalue weighted by molar-refractivity contribution is 0.198. The van der Waals surface area contributed by atoms with E-state index in [1.807, 2.05) is 6.07 Å². The summed E-state index contributed by atoms with van der Waals surface area (Å²) >= 11 is 0. The van der Waals surface area contributed by atoms with E-state index in [1.54, 1.807) is 13.3 Å². The lowest BCUT2D eigenvalue weighted by atomic mass is 10.4. The normalized spacial score (nSPS) is 9.75. The highest BCUT2D eigenvalue weighted by Crippen LogP contribution is 1.97. The van der Waals surface area contributed by atoms with Crippen molar-refractivity contribution in [2.45, 2.75) is 6.42 Å². The van der Waals surface area contributed by atoms with Gasteiger partial charge >= 0.3 is 0 Å². The molecule has 0 atom stereocenters. The predicted molar refractivity (Wildman–Crippen MR) is 47.0 cm³/mol. The minimum absolute atomic E-state index is 0.776. The van der Waals surface area contributed by atoms with E-state index in [1.165, 1.54) is 6.33 Å². The third-order valence-corrected chi connectivity index (χ3v) is 1.41. The van der Waals surface area contributed by atoms with Crippen molar-refractivity contribution in [1.82, 2.24) is 9.97 Å². The molecule has 0 spiro atoms. The Hall–Kier alpha value is -1.16. The number of nitrogens with one attached hydrogen (secondary N) is 1. The molecular weight excluding hydrogens is 154 g/mol. The van der Waals surface area contributed by atoms with Gasteiger partial charge in [0.2, 0.25) is 0 Å². The molecule has 0 saturated heterocycles. The summed E-state index contributed by atoms with van der Waals surface area (Å²) in [6.45, 7) is 1.66. The second-order valence-corrected chi connectivity index (χ2v) is 2.37. The molecule has 1 N–H and O–H groups in total. The van der Waals surface area contributed by atoms with Gasteiger partial charge in [0.15, 0.2) is 0 Å². The Kier molecular flexibility index (Phi) is 4.08. The molecule has 0 aromatic carbocycles. The molecule has 0 saturated carbocycles. The van der Waals surface area contributed by atoms with E-state index in [4.69, 9.17) is 4.74 Å². The Balaban J connectivity index is 2.16. The molecular formula is C8H13N3O. The van der Waals surface area contributed by atoms with Gasteiger partial charge in [-0.25, -0.2) is 9.97 Å². The van der Waals surface area contributed by atoms with Gasteiger partial charge in [0.05, 0.1) is 0 Å². The predicted octanol–water partition coefficient (Wildman–Crippen LogP) is 0.925. The molecule has 0 aliphatic carbocycles. The van der Waals surface area contributed by atoms with Crippen molar-refractivity contribution in [2.75, 3.05) is 25.6 Å². The van der Waals surface area contributed by atoms with Crippen LogP contribution in [-0.2, 0) is 4.74 Å². The zero-order valence-electron chi connectivity index (χ0n) is 7.16. The van der Waals surface area contributed by atoms with Crippen LogP contribution >= 0.6 is 0 Å². The fourth-order valence-corrected chi connectivity index (χ4v) is 0.828. The number of hydrogen-bond donors (Lipinski definition) is 1. The maximum absolute atomic E-state index is 4.91. The summed E-state index contributed by atoms with van der Waals surface area (Å²) in [6.07, 6.45) is 4.23. The summed E-state index contributed by atoms with van der Waals surface area (Å²) in [4.78, 5) is 7.83. The summed E-state index contributed by atoms with van der Waals surface area (Å²) in [5, 5.41) is 3.15. The average Bonchev–Trinajstić information content (AvgIpc) is 2.14. The number of hydrogen-bond acceptors (Lipinski definition) is 4. The molecule has 1 rings (SSSR count). The highest BCUT2D eigenvalue weighted by molar-refractivity contribution is 5.30. The lowest BCUT2D eigenvalue weighted by Crippen LogP contribution is -2.05. The van der Waals surface area contributed by atoms with Crippen molar-refractivity contribution in [1.29, 1.82) is 0 Å². The molecule has 0 unspecified atom stereocenters. The zero-order chi connectivity index (χ0) is 8.65. The van der Waals surface area contributed by atoms with Crippen LogP contribution in [0.15, 0.2) is 18.6 Å². The van der Waals surface area contributed by atoms with Gasteiger partial charge in [-0.15, -0.1) is 0 Å². The van der Waals surface area contributed by atoms with Crippen LogP contribution in [0.3, 0.4) is 0 Å². The molecule has 0 radical (unpaired) electrons. The molecule has 1 heterocycles. The average molecular weight is 167 g/mol. The molecule has 66 valence electrons. The fourth-order valence-electron chi connectivity index (χ4n) is 0.828. The first kappa shape index (κ1) is 8.93. The summed E-state index contributed by atoms with van der Waals surface area (Å²) in [5.74, 6) is 0.862. The Bertz CT molecular complexity index is 203. The van der Waals surface area contributed by atoms with E-state index in [-0.39, 0.29) is 0 Å². The van der Waals surface area contributed by atoms with Gasteiger partial charge in [-0.1, -0.05) is 0 Å². The van der Waals surface area contributed by atoms with E-state index in [2.05, 4.69) is 15.3 Å². The van der Waals surface area contributed by atoms with Crippen molar-refractivity contribution in [3.63, 3.8) is 0 Å². The molecule has 1 aromatic heterocycles. The standard InChI is InChI=1S/C8H13N3O/c1-12-6-2-4-10-8-3-5-9-7-11-8/h3,5,7H,2,4,6H2,1H3,(H,9,10,11). The molecule has 12 heavy (non-hydrogen) atoms. The number of rotatable bonds is 5. The van der Waals surface area contributed by atoms with Gasteiger partial charge in [0.1, 0.15) is 12.1 Å². The van der Waals surface area contributed by atoms with E-state index in [0.29, 0.717) is 0 Å². The van der Waals surface area contributed by atoms with Crippen LogP contribution in [0.25, 0.3) is 0 Å². The highest BCUT2D eigenvalue weighted by Gasteiger charge is 1.89. The molecule has 0 bridgehead atoms. The van der Waals surface area contributed by atoms with Gasteiger partial charge in [0.25, 0.3) is 0 Å². The van der Waals surface area contributed by atoms with E-state index >= 15 is 0 Å². The van der Waals surface area contributed by atoms with Gasteiger partial charge in [-0.05, 0) is 12.5 Å². The van der Waals surface area contributed by atoms with Gasteiger partial charge in [0, 0.05) is 26.5 Å². The molecule has 0 aliphatic rings. The van der Waals surface area contributed by atoms with Crippen molar-refractivity contribution in [3.05, 3.63) is 18.6 Å². The Morgan fingerprint density at radius 2 is 2.50 bits per heavy atom. The lowest BCUT2D eigenvalue weighted by Gasteiger charge is -2.03. The maximum atomic E-state index is 4.91. The number of ether oxygens (including phenoxy) is 1. The van der Waals surface area contributed by atoms with Crippen LogP contribution in [0.4, 0.5) is 5.82 Å². The van der Waals surface area contributed by atoms with Gasteiger partial charge in [-0.2, -0.15) is 0 Å². The van der Waals surface area contributed by atoms with Crippen LogP contribution in [0.1, 0.15) is 6.42 Å². The smallest absolute Gasteiger partial charge is 0.129 e. The fraction of sp³-hybridized carbons (Fsp3) is 0.500. The van der Waals surface area contributed by atoms with Crippen LogP contribution in [0.2, 0.25) is 0 Å². The summed E-state index contributed by atoms with van der Waals surface area (Å²) in [6, 6.07) is 1.84. The Morgan fingerprint density at radius 1 is 1.58 bits per heavy atom. The molecule has 4 heteroatoms. The third-order valence-electron chi connectivity index (χ3n) is 1.41. The summed E-state index contributed by atoms with van der Waals surface area (Å²) in [7, 11) is 1.70. The first-order valence-electron chi connectivity index (χ1n) is 3.92. The van der Waals surface area contributed by atoms with Crippen molar-refractivity contribution < 1.29 is 4.74 Å². The van der Waals surface area contributed by atoms with Crippen molar-refractivity contribution in [2.24, 2.45) is 0 Å². The number of methoxy groups -OCH3 is 1. The molecule has 1 aromatic rings. The zero-order valence-corrected chi connectivity index (χ0v) is 7.16. The van der Waals surface area contributed by atoms with Crippen molar-refractivity contribution in [3.8, 4) is 0 Å². The topological polar surface area (TPSA) is 47.0 Å². The SMILES string of the molecule is COCCCNc1ccncn1. The van der Waals surface area contributed by atoms with Crippen LogP contribution < -0.4 is 5.32 Å². The second-order valence-electron chi connectivity index (χ2n) is 2.37. The minimum atomic E-state index is 0.776. The first-order valence-corrected chi connectivity index (χ1v) is 3.92. The molecule has 0 fully saturated rings.